The molecule has 0 unspecified atom stereocenters. The van der Waals surface area contributed by atoms with Crippen LogP contribution in [0.2, 0.25) is 0 Å². The van der Waals surface area contributed by atoms with Crippen molar-refractivity contribution in [3.05, 3.63) is 65.2 Å². The quantitative estimate of drug-likeness (QED) is 0.641. The Balaban J connectivity index is 1.29. The Morgan fingerprint density at radius 1 is 1.23 bits per heavy atom. The van der Waals surface area contributed by atoms with Crippen LogP contribution in [0.3, 0.4) is 0 Å². The predicted molar refractivity (Wildman–Crippen MR) is 101 cm³/mol. The number of ether oxygens (including phenoxy) is 1. The van der Waals surface area contributed by atoms with Crippen LogP contribution in [0.15, 0.2) is 42.6 Å². The molecule has 0 saturated carbocycles. The number of hydrogen-bond acceptors (Lipinski definition) is 4. The molecule has 4 rings (SSSR count). The van der Waals surface area contributed by atoms with E-state index in [-0.39, 0.29) is 24.2 Å². The van der Waals surface area contributed by atoms with Gasteiger partial charge in [-0.3, -0.25) is 15.0 Å². The summed E-state index contributed by atoms with van der Waals surface area (Å²) in [6.07, 6.45) is -1.56. The summed E-state index contributed by atoms with van der Waals surface area (Å²) in [4.78, 5) is 14.2. The molecule has 0 bridgehead atoms. The maximum Gasteiger partial charge on any atom is 0.416 e. The third kappa shape index (κ3) is 4.47. The molecule has 1 atom stereocenters. The second-order valence-corrected chi connectivity index (χ2v) is 7.15. The van der Waals surface area contributed by atoms with E-state index in [9.17, 15) is 18.0 Å². The van der Waals surface area contributed by atoms with Crippen LogP contribution < -0.4 is 4.74 Å². The van der Waals surface area contributed by atoms with E-state index in [1.807, 2.05) is 6.07 Å². The standard InChI is InChI=1S/C20H20F3N5O2/c21-20(22,23)14-2-1-3-16(10-14)30-9-6-15-11-18(27-25-15)13-5-8-28(12-13)19(29)17-4-7-24-26-17/h1-4,7,10-11,13H,5-6,8-9,12H2,(H,24,26)(H,25,27)/t13-/m0/s1. The summed E-state index contributed by atoms with van der Waals surface area (Å²) in [5.41, 5.74) is 1.42. The molecule has 158 valence electrons. The molecular weight excluding hydrogens is 399 g/mol. The summed E-state index contributed by atoms with van der Waals surface area (Å²) in [6.45, 7) is 1.43. The number of alkyl halides is 3. The number of benzene rings is 1. The predicted octanol–water partition coefficient (Wildman–Crippen LogP) is 3.40. The van der Waals surface area contributed by atoms with Gasteiger partial charge in [-0.05, 0) is 36.8 Å². The summed E-state index contributed by atoms with van der Waals surface area (Å²) < 4.78 is 43.8. The van der Waals surface area contributed by atoms with Gasteiger partial charge < -0.3 is 9.64 Å². The molecule has 10 heteroatoms. The second kappa shape index (κ2) is 8.21. The highest BCUT2D eigenvalue weighted by Gasteiger charge is 2.31. The lowest BCUT2D eigenvalue weighted by atomic mass is 10.0. The van der Waals surface area contributed by atoms with E-state index >= 15 is 0 Å². The minimum Gasteiger partial charge on any atom is -0.493 e. The van der Waals surface area contributed by atoms with Gasteiger partial charge in [0.05, 0.1) is 17.9 Å². The van der Waals surface area contributed by atoms with Crippen molar-refractivity contribution in [1.82, 2.24) is 25.3 Å². The Labute approximate surface area is 170 Å². The zero-order valence-corrected chi connectivity index (χ0v) is 15.9. The topological polar surface area (TPSA) is 86.9 Å². The van der Waals surface area contributed by atoms with Crippen LogP contribution in [0, 0.1) is 0 Å². The molecule has 1 fully saturated rings. The van der Waals surface area contributed by atoms with Gasteiger partial charge in [-0.15, -0.1) is 0 Å². The minimum atomic E-state index is -4.40. The number of aromatic nitrogens is 4. The number of halogens is 3. The normalized spacial score (nSPS) is 16.8. The van der Waals surface area contributed by atoms with E-state index < -0.39 is 11.7 Å². The van der Waals surface area contributed by atoms with Crippen LogP contribution in [-0.4, -0.2) is 50.9 Å². The van der Waals surface area contributed by atoms with Crippen molar-refractivity contribution >= 4 is 5.91 Å². The zero-order chi connectivity index (χ0) is 21.1. The molecule has 3 aromatic rings. The Morgan fingerprint density at radius 3 is 2.87 bits per heavy atom. The number of rotatable bonds is 6. The molecule has 1 amide bonds. The monoisotopic (exact) mass is 419 g/mol. The van der Waals surface area contributed by atoms with Crippen molar-refractivity contribution in [3.8, 4) is 5.75 Å². The largest absolute Gasteiger partial charge is 0.493 e. The Bertz CT molecular complexity index is 1000. The Kier molecular flexibility index (Phi) is 5.47. The maximum atomic E-state index is 12.8. The fraction of sp³-hybridized carbons (Fsp3) is 0.350. The molecule has 1 saturated heterocycles. The van der Waals surface area contributed by atoms with E-state index in [2.05, 4.69) is 20.4 Å². The van der Waals surface area contributed by atoms with Crippen molar-refractivity contribution in [2.24, 2.45) is 0 Å². The summed E-state index contributed by atoms with van der Waals surface area (Å²) in [5.74, 6) is 0.222. The third-order valence-electron chi connectivity index (χ3n) is 5.08. The molecule has 2 N–H and O–H groups in total. The SMILES string of the molecule is O=C(c1ccn[nH]1)N1CC[C@H](c2cc(CCOc3cccc(C(F)(F)F)c3)[nH]n2)C1. The summed E-state index contributed by atoms with van der Waals surface area (Å²) >= 11 is 0. The molecular formula is C20H20F3N5O2. The van der Waals surface area contributed by atoms with Gasteiger partial charge in [0.25, 0.3) is 5.91 Å². The van der Waals surface area contributed by atoms with E-state index in [1.54, 1.807) is 17.2 Å². The van der Waals surface area contributed by atoms with Gasteiger partial charge in [0, 0.05) is 37.3 Å². The number of likely N-dealkylation sites (tertiary alicyclic amines) is 1. The lowest BCUT2D eigenvalue weighted by Gasteiger charge is -2.14. The molecule has 30 heavy (non-hydrogen) atoms. The van der Waals surface area contributed by atoms with Gasteiger partial charge >= 0.3 is 6.18 Å². The second-order valence-electron chi connectivity index (χ2n) is 7.15. The first-order valence-corrected chi connectivity index (χ1v) is 9.53. The number of nitrogens with zero attached hydrogens (tertiary/aromatic N) is 3. The number of amides is 1. The van der Waals surface area contributed by atoms with Crippen LogP contribution in [0.4, 0.5) is 13.2 Å². The van der Waals surface area contributed by atoms with E-state index in [0.29, 0.717) is 25.2 Å². The van der Waals surface area contributed by atoms with Crippen molar-refractivity contribution in [1.29, 1.82) is 0 Å². The minimum absolute atomic E-state index is 0.0831. The zero-order valence-electron chi connectivity index (χ0n) is 15.9. The van der Waals surface area contributed by atoms with Crippen molar-refractivity contribution in [2.45, 2.75) is 24.9 Å². The number of aromatic amines is 2. The van der Waals surface area contributed by atoms with Gasteiger partial charge in [-0.25, -0.2) is 0 Å². The maximum absolute atomic E-state index is 12.8. The van der Waals surface area contributed by atoms with E-state index in [1.165, 1.54) is 12.1 Å². The lowest BCUT2D eigenvalue weighted by Crippen LogP contribution is -2.28. The molecule has 3 heterocycles. The molecule has 0 radical (unpaired) electrons. The van der Waals surface area contributed by atoms with Crippen LogP contribution >= 0.6 is 0 Å². The number of H-pyrrole nitrogens is 2. The van der Waals surface area contributed by atoms with Crippen LogP contribution in [-0.2, 0) is 12.6 Å². The summed E-state index contributed by atoms with van der Waals surface area (Å²) in [5, 5.41) is 13.8. The van der Waals surface area contributed by atoms with Crippen LogP contribution in [0.25, 0.3) is 0 Å². The van der Waals surface area contributed by atoms with Gasteiger partial charge in [0.2, 0.25) is 0 Å². The first kappa shape index (κ1) is 20.0. The molecule has 0 aliphatic carbocycles. The molecule has 1 aliphatic rings. The molecule has 1 aromatic carbocycles. The van der Waals surface area contributed by atoms with Crippen LogP contribution in [0.1, 0.15) is 39.8 Å². The first-order valence-electron chi connectivity index (χ1n) is 9.53. The van der Waals surface area contributed by atoms with Gasteiger partial charge in [0.1, 0.15) is 11.4 Å². The summed E-state index contributed by atoms with van der Waals surface area (Å²) in [7, 11) is 0. The highest BCUT2D eigenvalue weighted by atomic mass is 19.4. The molecule has 2 aromatic heterocycles. The number of hydrogen-bond donors (Lipinski definition) is 2. The fourth-order valence-electron chi connectivity index (χ4n) is 3.49. The summed E-state index contributed by atoms with van der Waals surface area (Å²) in [6, 6.07) is 8.38. The first-order chi connectivity index (χ1) is 14.4. The smallest absolute Gasteiger partial charge is 0.416 e. The van der Waals surface area contributed by atoms with Crippen LogP contribution in [0.5, 0.6) is 5.75 Å². The van der Waals surface area contributed by atoms with Crippen molar-refractivity contribution in [3.63, 3.8) is 0 Å². The van der Waals surface area contributed by atoms with Crippen molar-refractivity contribution in [2.75, 3.05) is 19.7 Å². The average Bonchev–Trinajstić information content (AvgIpc) is 3.47. The van der Waals surface area contributed by atoms with Gasteiger partial charge in [-0.2, -0.15) is 23.4 Å². The third-order valence-corrected chi connectivity index (χ3v) is 5.08. The average molecular weight is 419 g/mol. The number of nitrogens with one attached hydrogen (secondary N) is 2. The van der Waals surface area contributed by atoms with Gasteiger partial charge in [0.15, 0.2) is 0 Å². The molecule has 7 nitrogen and oxygen atoms in total. The van der Waals surface area contributed by atoms with E-state index in [4.69, 9.17) is 4.74 Å². The van der Waals surface area contributed by atoms with Gasteiger partial charge in [-0.1, -0.05) is 6.07 Å². The number of carbonyl (C=O) groups is 1. The highest BCUT2D eigenvalue weighted by molar-refractivity contribution is 5.92. The fourth-order valence-corrected chi connectivity index (χ4v) is 3.49. The number of carbonyl (C=O) groups excluding carboxylic acids is 1. The Morgan fingerprint density at radius 2 is 2.10 bits per heavy atom. The Hall–Kier alpha value is -3.30. The molecule has 0 spiro atoms. The highest BCUT2D eigenvalue weighted by Crippen LogP contribution is 2.31. The van der Waals surface area contributed by atoms with E-state index in [0.717, 1.165) is 29.9 Å². The van der Waals surface area contributed by atoms with Crippen molar-refractivity contribution < 1.29 is 22.7 Å². The molecule has 1 aliphatic heterocycles. The lowest BCUT2D eigenvalue weighted by molar-refractivity contribution is -0.137.